The van der Waals surface area contributed by atoms with Crippen LogP contribution in [0.5, 0.6) is 0 Å². The second-order valence-electron chi connectivity index (χ2n) is 5.87. The molecular formula is C14H21NO4. The Kier molecular flexibility index (Phi) is 4.08. The van der Waals surface area contributed by atoms with Crippen LogP contribution < -0.4 is 5.32 Å². The quantitative estimate of drug-likeness (QED) is 0.770. The summed E-state index contributed by atoms with van der Waals surface area (Å²) >= 11 is 0. The molecule has 106 valence electrons. The van der Waals surface area contributed by atoms with Gasteiger partial charge >= 0.3 is 12.1 Å². The van der Waals surface area contributed by atoms with Gasteiger partial charge < -0.3 is 15.2 Å². The van der Waals surface area contributed by atoms with E-state index in [0.29, 0.717) is 5.57 Å². The lowest BCUT2D eigenvalue weighted by atomic mass is 9.80. The molecule has 5 heteroatoms. The fourth-order valence-corrected chi connectivity index (χ4v) is 1.98. The molecule has 1 rings (SSSR count). The summed E-state index contributed by atoms with van der Waals surface area (Å²) in [5, 5.41) is 12.0. The molecular weight excluding hydrogens is 246 g/mol. The van der Waals surface area contributed by atoms with Gasteiger partial charge in [0, 0.05) is 0 Å². The standard InChI is InChI=1S/C14H21NO4/c1-9(2)14(11(16)17)7-6-10(8-14)15-12(18)19-13(3,4)5/h6-7,10H,1,8H2,2-5H3,(H,15,18)(H,16,17)/t10-,14+/m1/s1. The van der Waals surface area contributed by atoms with Gasteiger partial charge in [0.25, 0.3) is 0 Å². The summed E-state index contributed by atoms with van der Waals surface area (Å²) in [4.78, 5) is 23.0. The van der Waals surface area contributed by atoms with Crippen LogP contribution in [0.4, 0.5) is 4.79 Å². The van der Waals surface area contributed by atoms with Crippen molar-refractivity contribution in [3.05, 3.63) is 24.3 Å². The van der Waals surface area contributed by atoms with E-state index in [1.165, 1.54) is 0 Å². The van der Waals surface area contributed by atoms with E-state index < -0.39 is 23.1 Å². The molecule has 0 aromatic heterocycles. The summed E-state index contributed by atoms with van der Waals surface area (Å²) in [7, 11) is 0. The molecule has 2 atom stereocenters. The van der Waals surface area contributed by atoms with Crippen LogP contribution >= 0.6 is 0 Å². The number of carbonyl (C=O) groups is 2. The highest BCUT2D eigenvalue weighted by Gasteiger charge is 2.43. The van der Waals surface area contributed by atoms with Crippen LogP contribution in [0.25, 0.3) is 0 Å². The maximum atomic E-state index is 11.6. The second-order valence-corrected chi connectivity index (χ2v) is 5.87. The Hall–Kier alpha value is -1.78. The van der Waals surface area contributed by atoms with Crippen LogP contribution in [0, 0.1) is 5.41 Å². The first-order valence-electron chi connectivity index (χ1n) is 6.15. The van der Waals surface area contributed by atoms with Crippen LogP contribution in [0.15, 0.2) is 24.3 Å². The van der Waals surface area contributed by atoms with Crippen molar-refractivity contribution in [2.24, 2.45) is 5.41 Å². The fourth-order valence-electron chi connectivity index (χ4n) is 1.98. The summed E-state index contributed by atoms with van der Waals surface area (Å²) < 4.78 is 5.13. The van der Waals surface area contributed by atoms with Gasteiger partial charge in [-0.2, -0.15) is 0 Å². The van der Waals surface area contributed by atoms with E-state index in [1.54, 1.807) is 39.8 Å². The predicted octanol–water partition coefficient (Wildman–Crippen LogP) is 2.49. The molecule has 0 saturated carbocycles. The van der Waals surface area contributed by atoms with Crippen molar-refractivity contribution in [2.75, 3.05) is 0 Å². The number of amides is 1. The Morgan fingerprint density at radius 3 is 2.42 bits per heavy atom. The molecule has 0 aromatic carbocycles. The van der Waals surface area contributed by atoms with Gasteiger partial charge in [-0.15, -0.1) is 0 Å². The minimum absolute atomic E-state index is 0.261. The van der Waals surface area contributed by atoms with Gasteiger partial charge in [-0.3, -0.25) is 4.79 Å². The first-order valence-corrected chi connectivity index (χ1v) is 6.15. The number of hydrogen-bond donors (Lipinski definition) is 2. The Morgan fingerprint density at radius 2 is 2.05 bits per heavy atom. The topological polar surface area (TPSA) is 75.6 Å². The molecule has 0 heterocycles. The van der Waals surface area contributed by atoms with E-state index in [9.17, 15) is 14.7 Å². The average Bonchev–Trinajstić information content (AvgIpc) is 2.59. The van der Waals surface area contributed by atoms with E-state index in [4.69, 9.17) is 4.74 Å². The summed E-state index contributed by atoms with van der Waals surface area (Å²) in [6, 6.07) is -0.359. The van der Waals surface area contributed by atoms with Gasteiger partial charge in [-0.1, -0.05) is 24.3 Å². The molecule has 5 nitrogen and oxygen atoms in total. The van der Waals surface area contributed by atoms with E-state index in [2.05, 4.69) is 11.9 Å². The van der Waals surface area contributed by atoms with Crippen molar-refractivity contribution in [1.29, 1.82) is 0 Å². The van der Waals surface area contributed by atoms with E-state index in [-0.39, 0.29) is 12.5 Å². The number of aliphatic carboxylic acids is 1. The second kappa shape index (κ2) is 5.07. The van der Waals surface area contributed by atoms with Gasteiger partial charge in [0.2, 0.25) is 0 Å². The zero-order chi connectivity index (χ0) is 14.8. The highest BCUT2D eigenvalue weighted by molar-refractivity contribution is 5.82. The SMILES string of the molecule is C=C(C)[C@]1(C(=O)O)C=C[C@@H](NC(=O)OC(C)(C)C)C1. The molecule has 0 spiro atoms. The number of carboxylic acids is 1. The maximum absolute atomic E-state index is 11.6. The Morgan fingerprint density at radius 1 is 1.47 bits per heavy atom. The van der Waals surface area contributed by atoms with E-state index in [0.717, 1.165) is 0 Å². The van der Waals surface area contributed by atoms with E-state index >= 15 is 0 Å². The number of hydrogen-bond acceptors (Lipinski definition) is 3. The van der Waals surface area contributed by atoms with Gasteiger partial charge in [0.15, 0.2) is 0 Å². The molecule has 0 unspecified atom stereocenters. The molecule has 0 fully saturated rings. The molecule has 0 aromatic rings. The van der Waals surface area contributed by atoms with Crippen molar-refractivity contribution < 1.29 is 19.4 Å². The van der Waals surface area contributed by atoms with Crippen LogP contribution in [-0.2, 0) is 9.53 Å². The van der Waals surface area contributed by atoms with Crippen LogP contribution in [0.2, 0.25) is 0 Å². The van der Waals surface area contributed by atoms with Crippen LogP contribution in [0.3, 0.4) is 0 Å². The fraction of sp³-hybridized carbons (Fsp3) is 0.571. The highest BCUT2D eigenvalue weighted by Crippen LogP contribution is 2.38. The first kappa shape index (κ1) is 15.3. The minimum atomic E-state index is -1.10. The van der Waals surface area contributed by atoms with Crippen molar-refractivity contribution in [2.45, 2.75) is 45.8 Å². The third-order valence-corrected chi connectivity index (χ3v) is 3.00. The maximum Gasteiger partial charge on any atom is 0.408 e. The zero-order valence-corrected chi connectivity index (χ0v) is 11.8. The lowest BCUT2D eigenvalue weighted by Gasteiger charge is -2.25. The molecule has 0 aliphatic heterocycles. The summed E-state index contributed by atoms with van der Waals surface area (Å²) in [6.45, 7) is 10.7. The first-order chi connectivity index (χ1) is 8.57. The molecule has 0 bridgehead atoms. The van der Waals surface area contributed by atoms with Gasteiger partial charge in [-0.05, 0) is 34.1 Å². The Bertz CT molecular complexity index is 417. The summed E-state index contributed by atoms with van der Waals surface area (Å²) in [5.41, 5.74) is -1.13. The largest absolute Gasteiger partial charge is 0.480 e. The van der Waals surface area contributed by atoms with Gasteiger partial charge in [0.1, 0.15) is 11.0 Å². The number of nitrogens with one attached hydrogen (secondary N) is 1. The van der Waals surface area contributed by atoms with E-state index in [1.807, 2.05) is 0 Å². The highest BCUT2D eigenvalue weighted by atomic mass is 16.6. The normalized spacial score (nSPS) is 26.0. The number of ether oxygens (including phenoxy) is 1. The minimum Gasteiger partial charge on any atom is -0.480 e. The zero-order valence-electron chi connectivity index (χ0n) is 11.8. The monoisotopic (exact) mass is 267 g/mol. The lowest BCUT2D eigenvalue weighted by Crippen LogP contribution is -2.40. The lowest BCUT2D eigenvalue weighted by molar-refractivity contribution is -0.144. The summed E-state index contributed by atoms with van der Waals surface area (Å²) in [6.07, 6.45) is 2.97. The molecule has 0 saturated heterocycles. The van der Waals surface area contributed by atoms with Crippen molar-refractivity contribution in [1.82, 2.24) is 5.32 Å². The molecule has 0 radical (unpaired) electrons. The Labute approximate surface area is 113 Å². The van der Waals surface area contributed by atoms with Crippen LogP contribution in [0.1, 0.15) is 34.1 Å². The number of rotatable bonds is 3. The molecule has 1 aliphatic rings. The third-order valence-electron chi connectivity index (χ3n) is 3.00. The molecule has 1 amide bonds. The van der Waals surface area contributed by atoms with Crippen LogP contribution in [-0.4, -0.2) is 28.8 Å². The molecule has 2 N–H and O–H groups in total. The third kappa shape index (κ3) is 3.59. The average molecular weight is 267 g/mol. The van der Waals surface area contributed by atoms with Crippen molar-refractivity contribution in [3.8, 4) is 0 Å². The van der Waals surface area contributed by atoms with Gasteiger partial charge in [0.05, 0.1) is 6.04 Å². The van der Waals surface area contributed by atoms with Crippen molar-refractivity contribution in [3.63, 3.8) is 0 Å². The number of alkyl carbamates (subject to hydrolysis) is 1. The molecule has 1 aliphatic carbocycles. The Balaban J connectivity index is 2.68. The van der Waals surface area contributed by atoms with Crippen molar-refractivity contribution >= 4 is 12.1 Å². The summed E-state index contributed by atoms with van der Waals surface area (Å²) in [5.74, 6) is -0.954. The molecule has 19 heavy (non-hydrogen) atoms. The van der Waals surface area contributed by atoms with Gasteiger partial charge in [-0.25, -0.2) is 4.79 Å². The number of carbonyl (C=O) groups excluding carboxylic acids is 1. The smallest absolute Gasteiger partial charge is 0.408 e. The number of carboxylic acid groups (broad SMARTS) is 1. The predicted molar refractivity (Wildman–Crippen MR) is 71.8 cm³/mol.